The summed E-state index contributed by atoms with van der Waals surface area (Å²) < 4.78 is 0. The van der Waals surface area contributed by atoms with Crippen LogP contribution in [0, 0.1) is 10.1 Å². The molecule has 0 unspecified atom stereocenters. The van der Waals surface area contributed by atoms with E-state index in [0.29, 0.717) is 5.56 Å². The number of hydrogen-bond acceptors (Lipinski definition) is 3. The molecule has 0 aliphatic rings. The van der Waals surface area contributed by atoms with E-state index in [9.17, 15) is 10.1 Å². The molecule has 1 heterocycles. The van der Waals surface area contributed by atoms with Crippen molar-refractivity contribution in [2.75, 3.05) is 0 Å². The fraction of sp³-hybridized carbons (Fsp3) is 0. The van der Waals surface area contributed by atoms with Crippen LogP contribution in [-0.4, -0.2) is 9.91 Å². The number of fused-ring (bicyclic) bond motifs is 4. The van der Waals surface area contributed by atoms with Crippen LogP contribution in [0.5, 0.6) is 0 Å². The van der Waals surface area contributed by atoms with E-state index in [-0.39, 0.29) is 10.6 Å². The van der Waals surface area contributed by atoms with Gasteiger partial charge in [0, 0.05) is 16.8 Å². The van der Waals surface area contributed by atoms with E-state index >= 15 is 0 Å². The van der Waals surface area contributed by atoms with E-state index in [0.717, 1.165) is 38.1 Å². The first kappa shape index (κ1) is 17.1. The molecular weight excluding hydrogens is 360 g/mol. The largest absolute Gasteiger partial charge is 0.276 e. The fourth-order valence-corrected chi connectivity index (χ4v) is 3.84. The summed E-state index contributed by atoms with van der Waals surface area (Å²) in [5.74, 6) is 0. The number of aromatic nitrogens is 1. The predicted octanol–water partition coefficient (Wildman–Crippen LogP) is 6.62. The molecule has 4 heteroatoms. The highest BCUT2D eigenvalue weighted by Crippen LogP contribution is 2.33. The molecule has 0 saturated carbocycles. The third kappa shape index (κ3) is 2.91. The average Bonchev–Trinajstić information content (AvgIpc) is 2.76. The number of rotatable bonds is 3. The van der Waals surface area contributed by atoms with Gasteiger partial charge in [0.15, 0.2) is 0 Å². The zero-order valence-electron chi connectivity index (χ0n) is 15.4. The van der Waals surface area contributed by atoms with Crippen molar-refractivity contribution in [3.8, 4) is 0 Å². The molecule has 0 aliphatic carbocycles. The molecule has 0 spiro atoms. The minimum absolute atomic E-state index is 0.0938. The lowest BCUT2D eigenvalue weighted by Crippen LogP contribution is -1.91. The van der Waals surface area contributed by atoms with E-state index in [4.69, 9.17) is 4.98 Å². The number of nitro benzene ring substituents is 1. The molecule has 29 heavy (non-hydrogen) atoms. The van der Waals surface area contributed by atoms with Gasteiger partial charge in [-0.2, -0.15) is 0 Å². The normalized spacial score (nSPS) is 11.6. The molecule has 0 atom stereocenters. The Labute approximate surface area is 166 Å². The van der Waals surface area contributed by atoms with Crippen molar-refractivity contribution in [1.29, 1.82) is 0 Å². The Morgan fingerprint density at radius 2 is 1.45 bits per heavy atom. The van der Waals surface area contributed by atoms with Gasteiger partial charge in [0.1, 0.15) is 0 Å². The Kier molecular flexibility index (Phi) is 4.03. The van der Waals surface area contributed by atoms with Crippen LogP contribution in [0.1, 0.15) is 11.1 Å². The molecular formula is C25H16N2O2. The smallest absolute Gasteiger partial charge is 0.258 e. The number of para-hydroxylation sites is 2. The molecule has 1 aromatic heterocycles. The van der Waals surface area contributed by atoms with Crippen molar-refractivity contribution in [3.63, 3.8) is 0 Å². The Hall–Kier alpha value is -4.05. The maximum absolute atomic E-state index is 11.4. The predicted molar refractivity (Wildman–Crippen MR) is 119 cm³/mol. The molecule has 4 aromatic carbocycles. The molecule has 0 amide bonds. The molecule has 5 aromatic rings. The van der Waals surface area contributed by atoms with Crippen LogP contribution >= 0.6 is 0 Å². The van der Waals surface area contributed by atoms with Gasteiger partial charge in [-0.1, -0.05) is 66.7 Å². The monoisotopic (exact) mass is 376 g/mol. The SMILES string of the molecule is O=[N+]([O-])c1ccccc1/C=C\c1c2ccccc2nc2ccc3ccccc3c12. The second-order valence-corrected chi connectivity index (χ2v) is 6.87. The Morgan fingerprint density at radius 1 is 0.724 bits per heavy atom. The van der Waals surface area contributed by atoms with Gasteiger partial charge in [-0.15, -0.1) is 0 Å². The lowest BCUT2D eigenvalue weighted by atomic mass is 9.96. The van der Waals surface area contributed by atoms with Gasteiger partial charge in [-0.05, 0) is 40.6 Å². The summed E-state index contributed by atoms with van der Waals surface area (Å²) >= 11 is 0. The summed E-state index contributed by atoms with van der Waals surface area (Å²) in [6.45, 7) is 0. The zero-order chi connectivity index (χ0) is 19.8. The second-order valence-electron chi connectivity index (χ2n) is 6.87. The summed E-state index contributed by atoms with van der Waals surface area (Å²) in [7, 11) is 0. The molecule has 138 valence electrons. The average molecular weight is 376 g/mol. The first-order valence-corrected chi connectivity index (χ1v) is 9.34. The van der Waals surface area contributed by atoms with E-state index < -0.39 is 0 Å². The Morgan fingerprint density at radius 3 is 2.31 bits per heavy atom. The first-order chi connectivity index (χ1) is 14.2. The van der Waals surface area contributed by atoms with Crippen molar-refractivity contribution in [1.82, 2.24) is 4.98 Å². The fourth-order valence-electron chi connectivity index (χ4n) is 3.84. The second kappa shape index (κ2) is 6.84. The van der Waals surface area contributed by atoms with Crippen LogP contribution < -0.4 is 0 Å². The van der Waals surface area contributed by atoms with Crippen molar-refractivity contribution >= 4 is 50.4 Å². The van der Waals surface area contributed by atoms with Crippen LogP contribution in [0.15, 0.2) is 84.9 Å². The van der Waals surface area contributed by atoms with Gasteiger partial charge in [0.05, 0.1) is 21.5 Å². The van der Waals surface area contributed by atoms with E-state index in [1.807, 2.05) is 60.7 Å². The highest BCUT2D eigenvalue weighted by molar-refractivity contribution is 6.15. The van der Waals surface area contributed by atoms with Gasteiger partial charge in [0.25, 0.3) is 5.69 Å². The maximum Gasteiger partial charge on any atom is 0.276 e. The third-order valence-electron chi connectivity index (χ3n) is 5.17. The van der Waals surface area contributed by atoms with Crippen LogP contribution in [0.2, 0.25) is 0 Å². The van der Waals surface area contributed by atoms with Crippen LogP contribution in [0.25, 0.3) is 44.7 Å². The summed E-state index contributed by atoms with van der Waals surface area (Å²) in [6.07, 6.45) is 3.79. The summed E-state index contributed by atoms with van der Waals surface area (Å²) in [4.78, 5) is 15.9. The molecule has 5 rings (SSSR count). The molecule has 0 radical (unpaired) electrons. The van der Waals surface area contributed by atoms with Gasteiger partial charge in [-0.25, -0.2) is 4.98 Å². The Balaban J connectivity index is 1.85. The number of benzene rings is 4. The Bertz CT molecular complexity index is 1440. The quantitative estimate of drug-likeness (QED) is 0.154. The van der Waals surface area contributed by atoms with Gasteiger partial charge in [0.2, 0.25) is 0 Å². The van der Waals surface area contributed by atoms with Crippen LogP contribution in [-0.2, 0) is 0 Å². The van der Waals surface area contributed by atoms with Crippen LogP contribution in [0.3, 0.4) is 0 Å². The minimum atomic E-state index is -0.349. The molecule has 4 nitrogen and oxygen atoms in total. The van der Waals surface area contributed by atoms with Crippen molar-refractivity contribution < 1.29 is 4.92 Å². The van der Waals surface area contributed by atoms with Crippen molar-refractivity contribution in [2.45, 2.75) is 0 Å². The molecule has 0 fully saturated rings. The lowest BCUT2D eigenvalue weighted by molar-refractivity contribution is -0.385. The van der Waals surface area contributed by atoms with Gasteiger partial charge >= 0.3 is 0 Å². The number of hydrogen-bond donors (Lipinski definition) is 0. The number of nitro groups is 1. The van der Waals surface area contributed by atoms with Crippen molar-refractivity contribution in [3.05, 3.63) is 106 Å². The third-order valence-corrected chi connectivity index (χ3v) is 5.17. The van der Waals surface area contributed by atoms with Gasteiger partial charge in [-0.3, -0.25) is 10.1 Å². The number of pyridine rings is 1. The summed E-state index contributed by atoms with van der Waals surface area (Å²) in [5.41, 5.74) is 3.49. The zero-order valence-corrected chi connectivity index (χ0v) is 15.4. The molecule has 0 bridgehead atoms. The van der Waals surface area contributed by atoms with E-state index in [1.165, 1.54) is 6.07 Å². The van der Waals surface area contributed by atoms with E-state index in [1.54, 1.807) is 12.1 Å². The standard InChI is InChI=1S/C25H16N2O2/c28-27(29)24-12-6-2-8-18(24)13-15-21-20-10-4-5-11-22(20)26-23-16-14-17-7-1-3-9-19(17)25(21)23/h1-16H/b15-13-. The molecule has 0 saturated heterocycles. The van der Waals surface area contributed by atoms with Crippen LogP contribution in [0.4, 0.5) is 5.69 Å². The van der Waals surface area contributed by atoms with E-state index in [2.05, 4.69) is 18.2 Å². The summed E-state index contributed by atoms with van der Waals surface area (Å²) in [5, 5.41) is 15.7. The van der Waals surface area contributed by atoms with Crippen molar-refractivity contribution in [2.24, 2.45) is 0 Å². The van der Waals surface area contributed by atoms with Gasteiger partial charge < -0.3 is 0 Å². The summed E-state index contributed by atoms with van der Waals surface area (Å²) in [6, 6.07) is 27.1. The highest BCUT2D eigenvalue weighted by Gasteiger charge is 2.12. The minimum Gasteiger partial charge on any atom is -0.258 e. The maximum atomic E-state index is 11.4. The molecule has 0 aliphatic heterocycles. The first-order valence-electron chi connectivity index (χ1n) is 9.34. The molecule has 0 N–H and O–H groups in total. The number of nitrogens with zero attached hydrogens (tertiary/aromatic N) is 2. The highest BCUT2D eigenvalue weighted by atomic mass is 16.6. The lowest BCUT2D eigenvalue weighted by Gasteiger charge is -2.10. The topological polar surface area (TPSA) is 56.0 Å².